The number of nitrogens with two attached hydrogens (primary N) is 1. The summed E-state index contributed by atoms with van der Waals surface area (Å²) in [6, 6.07) is 3.90. The zero-order valence-corrected chi connectivity index (χ0v) is 11.1. The fraction of sp³-hybridized carbons (Fsp3) is 0.429. The van der Waals surface area contributed by atoms with Crippen LogP contribution in [0.25, 0.3) is 0 Å². The van der Waals surface area contributed by atoms with E-state index in [1.807, 2.05) is 13.8 Å². The van der Waals surface area contributed by atoms with Gasteiger partial charge in [-0.1, -0.05) is 13.8 Å². The van der Waals surface area contributed by atoms with E-state index in [2.05, 4.69) is 0 Å². The van der Waals surface area contributed by atoms with Crippen molar-refractivity contribution in [1.82, 2.24) is 0 Å². The van der Waals surface area contributed by atoms with Crippen molar-refractivity contribution in [3.63, 3.8) is 0 Å². The fourth-order valence-corrected chi connectivity index (χ4v) is 2.54. The zero-order valence-electron chi connectivity index (χ0n) is 11.1. The Labute approximate surface area is 111 Å². The number of rotatable bonds is 3. The molecule has 1 fully saturated rings. The summed E-state index contributed by atoms with van der Waals surface area (Å²) in [5.74, 6) is -1.30. The van der Waals surface area contributed by atoms with Crippen molar-refractivity contribution in [2.45, 2.75) is 33.1 Å². The third kappa shape index (κ3) is 1.99. The van der Waals surface area contributed by atoms with Gasteiger partial charge in [-0.3, -0.25) is 9.59 Å². The van der Waals surface area contributed by atoms with Crippen LogP contribution in [0.3, 0.4) is 0 Å². The summed E-state index contributed by atoms with van der Waals surface area (Å²) in [6.07, 6.45) is 1.26. The Kier molecular flexibility index (Phi) is 3.30. The molecule has 0 spiro atoms. The lowest BCUT2D eigenvalue weighted by Crippen LogP contribution is -2.35. The minimum Gasteiger partial charge on any atom is -0.399 e. The van der Waals surface area contributed by atoms with Gasteiger partial charge in [0.2, 0.25) is 11.8 Å². The summed E-state index contributed by atoms with van der Waals surface area (Å²) in [5, 5.41) is 0. The lowest BCUT2D eigenvalue weighted by atomic mass is 9.81. The lowest BCUT2D eigenvalue weighted by molar-refractivity contribution is -0.126. The van der Waals surface area contributed by atoms with Gasteiger partial charge in [0, 0.05) is 12.1 Å². The summed E-state index contributed by atoms with van der Waals surface area (Å²) in [5.41, 5.74) is 5.18. The highest BCUT2D eigenvalue weighted by Crippen LogP contribution is 2.42. The molecule has 0 aliphatic carbocycles. The third-order valence-electron chi connectivity index (χ3n) is 3.96. The first-order valence-corrected chi connectivity index (χ1v) is 6.37. The maximum atomic E-state index is 13.8. The maximum absolute atomic E-state index is 13.8. The third-order valence-corrected chi connectivity index (χ3v) is 3.96. The molecule has 5 heteroatoms. The molecule has 0 aromatic heterocycles. The summed E-state index contributed by atoms with van der Waals surface area (Å²) >= 11 is 0. The predicted molar refractivity (Wildman–Crippen MR) is 70.9 cm³/mol. The Morgan fingerprint density at radius 2 is 1.95 bits per heavy atom. The van der Waals surface area contributed by atoms with E-state index in [9.17, 15) is 14.0 Å². The van der Waals surface area contributed by atoms with Gasteiger partial charge in [0.1, 0.15) is 5.82 Å². The van der Waals surface area contributed by atoms with Gasteiger partial charge in [-0.15, -0.1) is 0 Å². The molecule has 102 valence electrons. The molecule has 1 aromatic rings. The smallest absolute Gasteiger partial charge is 0.240 e. The minimum absolute atomic E-state index is 0.0428. The zero-order chi connectivity index (χ0) is 14.2. The van der Waals surface area contributed by atoms with Crippen LogP contribution in [-0.4, -0.2) is 11.8 Å². The van der Waals surface area contributed by atoms with Crippen molar-refractivity contribution in [2.24, 2.45) is 5.41 Å². The van der Waals surface area contributed by atoms with Crippen LogP contribution in [0.2, 0.25) is 0 Å². The Morgan fingerprint density at radius 3 is 2.47 bits per heavy atom. The standard InChI is InChI=1S/C14H17FN2O2/c1-3-14(4-2)8-12(18)17(13(14)19)11-7-9(16)5-6-10(11)15/h5-7H,3-4,8,16H2,1-2H3. The molecule has 2 amide bonds. The van der Waals surface area contributed by atoms with Gasteiger partial charge in [-0.25, -0.2) is 9.29 Å². The van der Waals surface area contributed by atoms with Crippen LogP contribution in [0.15, 0.2) is 18.2 Å². The Morgan fingerprint density at radius 1 is 1.32 bits per heavy atom. The quantitative estimate of drug-likeness (QED) is 0.673. The SMILES string of the molecule is CCC1(CC)CC(=O)N(c2cc(N)ccc2F)C1=O. The molecular weight excluding hydrogens is 247 g/mol. The molecule has 0 atom stereocenters. The average molecular weight is 264 g/mol. The number of nitrogens with zero attached hydrogens (tertiary/aromatic N) is 1. The molecular formula is C14H17FN2O2. The monoisotopic (exact) mass is 264 g/mol. The van der Waals surface area contributed by atoms with Crippen LogP contribution < -0.4 is 10.6 Å². The molecule has 1 aliphatic rings. The van der Waals surface area contributed by atoms with Gasteiger partial charge in [-0.2, -0.15) is 0 Å². The molecule has 0 bridgehead atoms. The summed E-state index contributed by atoms with van der Waals surface area (Å²) in [4.78, 5) is 25.5. The van der Waals surface area contributed by atoms with Crippen LogP contribution in [0.5, 0.6) is 0 Å². The number of imide groups is 1. The van der Waals surface area contributed by atoms with E-state index in [-0.39, 0.29) is 23.9 Å². The molecule has 2 N–H and O–H groups in total. The largest absolute Gasteiger partial charge is 0.399 e. The van der Waals surface area contributed by atoms with Crippen LogP contribution in [0.1, 0.15) is 33.1 Å². The van der Waals surface area contributed by atoms with Crippen LogP contribution in [0, 0.1) is 11.2 Å². The maximum Gasteiger partial charge on any atom is 0.240 e. The molecule has 1 heterocycles. The molecule has 1 aromatic carbocycles. The molecule has 0 radical (unpaired) electrons. The van der Waals surface area contributed by atoms with E-state index in [4.69, 9.17) is 5.73 Å². The fourth-order valence-electron chi connectivity index (χ4n) is 2.54. The highest BCUT2D eigenvalue weighted by molar-refractivity contribution is 6.22. The number of anilines is 2. The molecule has 1 saturated heterocycles. The predicted octanol–water partition coefficient (Wildman–Crippen LogP) is 2.48. The summed E-state index contributed by atoms with van der Waals surface area (Å²) in [7, 11) is 0. The first kappa shape index (κ1) is 13.5. The molecule has 0 unspecified atom stereocenters. The van der Waals surface area contributed by atoms with Crippen molar-refractivity contribution < 1.29 is 14.0 Å². The number of carbonyl (C=O) groups excluding carboxylic acids is 2. The van der Waals surface area contributed by atoms with Crippen molar-refractivity contribution >= 4 is 23.2 Å². The summed E-state index contributed by atoms with van der Waals surface area (Å²) in [6.45, 7) is 3.74. The van der Waals surface area contributed by atoms with Crippen LogP contribution in [0.4, 0.5) is 15.8 Å². The number of amides is 2. The second kappa shape index (κ2) is 4.64. The second-order valence-electron chi connectivity index (χ2n) is 4.91. The van der Waals surface area contributed by atoms with E-state index < -0.39 is 11.2 Å². The van der Waals surface area contributed by atoms with Gasteiger partial charge in [0.05, 0.1) is 11.1 Å². The molecule has 1 aliphatic heterocycles. The van der Waals surface area contributed by atoms with Crippen LogP contribution >= 0.6 is 0 Å². The average Bonchev–Trinajstić information content (AvgIpc) is 2.64. The molecule has 19 heavy (non-hydrogen) atoms. The van der Waals surface area contributed by atoms with E-state index in [1.54, 1.807) is 0 Å². The Balaban J connectivity index is 2.49. The second-order valence-corrected chi connectivity index (χ2v) is 4.91. The van der Waals surface area contributed by atoms with Gasteiger partial charge < -0.3 is 5.73 Å². The number of benzene rings is 1. The van der Waals surface area contributed by atoms with Crippen molar-refractivity contribution in [1.29, 1.82) is 0 Å². The minimum atomic E-state index is -0.700. The number of nitrogen functional groups attached to an aromatic ring is 1. The first-order chi connectivity index (χ1) is 8.95. The van der Waals surface area contributed by atoms with E-state index in [0.717, 1.165) is 4.90 Å². The molecule has 0 saturated carbocycles. The Bertz CT molecular complexity index is 538. The molecule has 4 nitrogen and oxygen atoms in total. The summed E-state index contributed by atoms with van der Waals surface area (Å²) < 4.78 is 13.8. The normalized spacial score (nSPS) is 18.2. The van der Waals surface area contributed by atoms with Crippen molar-refractivity contribution in [3.05, 3.63) is 24.0 Å². The van der Waals surface area contributed by atoms with Gasteiger partial charge in [0.25, 0.3) is 0 Å². The van der Waals surface area contributed by atoms with Crippen molar-refractivity contribution in [2.75, 3.05) is 10.6 Å². The lowest BCUT2D eigenvalue weighted by Gasteiger charge is -2.23. The topological polar surface area (TPSA) is 63.4 Å². The number of carbonyl (C=O) groups is 2. The number of hydrogen-bond acceptors (Lipinski definition) is 3. The van der Waals surface area contributed by atoms with E-state index in [0.29, 0.717) is 18.5 Å². The number of hydrogen-bond donors (Lipinski definition) is 1. The van der Waals surface area contributed by atoms with Crippen LogP contribution in [-0.2, 0) is 9.59 Å². The van der Waals surface area contributed by atoms with E-state index in [1.165, 1.54) is 18.2 Å². The Hall–Kier alpha value is -1.91. The highest BCUT2D eigenvalue weighted by Gasteiger charge is 2.50. The van der Waals surface area contributed by atoms with Crippen molar-refractivity contribution in [3.8, 4) is 0 Å². The first-order valence-electron chi connectivity index (χ1n) is 6.37. The van der Waals surface area contributed by atoms with E-state index >= 15 is 0 Å². The number of halogens is 1. The van der Waals surface area contributed by atoms with Gasteiger partial charge in [-0.05, 0) is 31.0 Å². The highest BCUT2D eigenvalue weighted by atomic mass is 19.1. The van der Waals surface area contributed by atoms with Gasteiger partial charge in [0.15, 0.2) is 0 Å². The van der Waals surface area contributed by atoms with Gasteiger partial charge >= 0.3 is 0 Å². The molecule has 2 rings (SSSR count).